The second-order valence-electron chi connectivity index (χ2n) is 10.6. The fourth-order valence-electron chi connectivity index (χ4n) is 6.27. The molecule has 4 heteroatoms. The number of hydrogen-bond acceptors (Lipinski definition) is 4. The Morgan fingerprint density at radius 1 is 1.21 bits per heavy atom. The molecule has 2 fully saturated rings. The zero-order valence-electron chi connectivity index (χ0n) is 18.8. The van der Waals surface area contributed by atoms with Gasteiger partial charge in [0.2, 0.25) is 0 Å². The van der Waals surface area contributed by atoms with E-state index in [9.17, 15) is 19.5 Å². The van der Waals surface area contributed by atoms with Gasteiger partial charge in [-0.25, -0.2) is 0 Å². The molecule has 1 spiro atoms. The zero-order valence-corrected chi connectivity index (χ0v) is 18.8. The van der Waals surface area contributed by atoms with Crippen LogP contribution in [0.1, 0.15) is 67.7 Å². The van der Waals surface area contributed by atoms with Crippen molar-refractivity contribution < 1.29 is 19.5 Å². The molecule has 2 saturated carbocycles. The lowest BCUT2D eigenvalue weighted by molar-refractivity contribution is -0.144. The number of carbonyl (C=O) groups excluding carboxylic acids is 3. The van der Waals surface area contributed by atoms with Gasteiger partial charge in [0, 0.05) is 5.92 Å². The first-order chi connectivity index (χ1) is 13.2. The van der Waals surface area contributed by atoms with Crippen LogP contribution in [-0.2, 0) is 14.4 Å². The monoisotopic (exact) mass is 398 g/mol. The average molecular weight is 399 g/mol. The summed E-state index contributed by atoms with van der Waals surface area (Å²) in [6.07, 6.45) is 3.06. The molecule has 0 radical (unpaired) electrons. The van der Waals surface area contributed by atoms with Crippen LogP contribution < -0.4 is 0 Å². The quantitative estimate of drug-likeness (QED) is 0.395. The fraction of sp³-hybridized carbons (Fsp3) is 0.640. The highest BCUT2D eigenvalue weighted by atomic mass is 16.3. The standard InChI is InChI=1S/C25H34O4/c1-13(2)9-10-24-12-17-23(7,8)16(14(3)4)11-25(17,22(24)29)21(28)18(20(24)27)19(26)15(5)6/h9,15-17,27H,3,10-12H2,1-2,4-8H3/t16?,17-,24?,25+/m0/s1. The second-order valence-corrected chi connectivity index (χ2v) is 10.6. The summed E-state index contributed by atoms with van der Waals surface area (Å²) in [6.45, 7) is 17.6. The molecule has 3 rings (SSSR count). The van der Waals surface area contributed by atoms with Gasteiger partial charge in [0.05, 0.1) is 10.8 Å². The predicted octanol–water partition coefficient (Wildman–Crippen LogP) is 5.15. The van der Waals surface area contributed by atoms with Gasteiger partial charge >= 0.3 is 0 Å². The number of fused-ring (bicyclic) bond motifs is 1. The van der Waals surface area contributed by atoms with Crippen LogP contribution >= 0.6 is 0 Å². The maximum Gasteiger partial charge on any atom is 0.183 e. The smallest absolute Gasteiger partial charge is 0.183 e. The van der Waals surface area contributed by atoms with E-state index in [2.05, 4.69) is 20.4 Å². The van der Waals surface area contributed by atoms with Crippen LogP contribution in [0.5, 0.6) is 0 Å². The van der Waals surface area contributed by atoms with Crippen LogP contribution in [0, 0.1) is 34.0 Å². The molecule has 0 aromatic carbocycles. The van der Waals surface area contributed by atoms with E-state index in [1.165, 1.54) is 0 Å². The Morgan fingerprint density at radius 2 is 1.79 bits per heavy atom. The summed E-state index contributed by atoms with van der Waals surface area (Å²) >= 11 is 0. The number of allylic oxidation sites excluding steroid dienone is 5. The van der Waals surface area contributed by atoms with Crippen LogP contribution in [0.25, 0.3) is 0 Å². The first-order valence-corrected chi connectivity index (χ1v) is 10.6. The summed E-state index contributed by atoms with van der Waals surface area (Å²) in [6, 6.07) is 0. The number of Topliss-reactive ketones (excluding diaryl/α,β-unsaturated/α-hetero) is 3. The number of carbonyl (C=O) groups is 3. The van der Waals surface area contributed by atoms with Crippen LogP contribution in [0.3, 0.4) is 0 Å². The van der Waals surface area contributed by atoms with Crippen molar-refractivity contribution in [2.45, 2.75) is 67.7 Å². The minimum absolute atomic E-state index is 0.0255. The third kappa shape index (κ3) is 2.60. The largest absolute Gasteiger partial charge is 0.510 e. The van der Waals surface area contributed by atoms with Crippen molar-refractivity contribution in [1.82, 2.24) is 0 Å². The Labute approximate surface area is 174 Å². The number of aliphatic hydroxyl groups is 1. The minimum Gasteiger partial charge on any atom is -0.510 e. The highest BCUT2D eigenvalue weighted by Crippen LogP contribution is 2.72. The van der Waals surface area contributed by atoms with Crippen molar-refractivity contribution in [3.8, 4) is 0 Å². The normalized spacial score (nSPS) is 35.2. The number of ketones is 3. The Balaban J connectivity index is 2.30. The molecule has 0 saturated heterocycles. The maximum atomic E-state index is 14.0. The van der Waals surface area contributed by atoms with Gasteiger partial charge in [-0.2, -0.15) is 0 Å². The third-order valence-electron chi connectivity index (χ3n) is 7.86. The summed E-state index contributed by atoms with van der Waals surface area (Å²) in [4.78, 5) is 40.7. The summed E-state index contributed by atoms with van der Waals surface area (Å²) in [7, 11) is 0. The Morgan fingerprint density at radius 3 is 2.28 bits per heavy atom. The molecule has 3 aliphatic rings. The molecular formula is C25H34O4. The first-order valence-electron chi connectivity index (χ1n) is 10.6. The highest BCUT2D eigenvalue weighted by molar-refractivity contribution is 6.32. The predicted molar refractivity (Wildman–Crippen MR) is 113 cm³/mol. The zero-order chi connectivity index (χ0) is 22.1. The van der Waals surface area contributed by atoms with Gasteiger partial charge in [-0.05, 0) is 57.3 Å². The van der Waals surface area contributed by atoms with E-state index in [4.69, 9.17) is 0 Å². The van der Waals surface area contributed by atoms with E-state index in [1.807, 2.05) is 26.8 Å². The van der Waals surface area contributed by atoms with Crippen molar-refractivity contribution in [3.63, 3.8) is 0 Å². The van der Waals surface area contributed by atoms with E-state index in [-0.39, 0.29) is 40.1 Å². The molecular weight excluding hydrogens is 364 g/mol. The van der Waals surface area contributed by atoms with Crippen molar-refractivity contribution in [1.29, 1.82) is 0 Å². The van der Waals surface area contributed by atoms with E-state index in [0.29, 0.717) is 19.3 Å². The molecule has 0 aromatic heterocycles. The molecule has 4 nitrogen and oxygen atoms in total. The second kappa shape index (κ2) is 6.52. The van der Waals surface area contributed by atoms with Gasteiger partial charge in [-0.1, -0.05) is 51.5 Å². The SMILES string of the molecule is C=C(C)C1C[C@]23C(=O)C(C(=O)C(C)C)=C(O)C(CC=C(C)C)(C[C@H]2C1(C)C)C3=O. The van der Waals surface area contributed by atoms with E-state index in [0.717, 1.165) is 11.1 Å². The van der Waals surface area contributed by atoms with Gasteiger partial charge in [0.1, 0.15) is 11.3 Å². The van der Waals surface area contributed by atoms with Crippen molar-refractivity contribution in [3.05, 3.63) is 35.1 Å². The van der Waals surface area contributed by atoms with Crippen molar-refractivity contribution >= 4 is 17.3 Å². The molecule has 29 heavy (non-hydrogen) atoms. The summed E-state index contributed by atoms with van der Waals surface area (Å²) in [5.74, 6) is -1.91. The van der Waals surface area contributed by atoms with Gasteiger partial charge < -0.3 is 5.11 Å². The Bertz CT molecular complexity index is 880. The highest BCUT2D eigenvalue weighted by Gasteiger charge is 2.77. The molecule has 1 N–H and O–H groups in total. The summed E-state index contributed by atoms with van der Waals surface area (Å²) in [5, 5.41) is 11.2. The minimum atomic E-state index is -1.23. The molecule has 4 atom stereocenters. The number of aliphatic hydroxyl groups excluding tert-OH is 1. The molecule has 0 aliphatic heterocycles. The van der Waals surface area contributed by atoms with Gasteiger partial charge in [0.15, 0.2) is 17.3 Å². The van der Waals surface area contributed by atoms with Crippen LogP contribution in [0.2, 0.25) is 0 Å². The topological polar surface area (TPSA) is 71.4 Å². The molecule has 0 aromatic rings. The van der Waals surface area contributed by atoms with Gasteiger partial charge in [-0.15, -0.1) is 0 Å². The van der Waals surface area contributed by atoms with Crippen LogP contribution in [0.15, 0.2) is 35.1 Å². The molecule has 158 valence electrons. The number of hydrogen-bond donors (Lipinski definition) is 1. The van der Waals surface area contributed by atoms with E-state index >= 15 is 0 Å². The van der Waals surface area contributed by atoms with E-state index in [1.54, 1.807) is 13.8 Å². The molecule has 0 amide bonds. The summed E-state index contributed by atoms with van der Waals surface area (Å²) in [5.41, 5.74) is -0.839. The lowest BCUT2D eigenvalue weighted by atomic mass is 9.62. The van der Waals surface area contributed by atoms with Crippen LogP contribution in [0.4, 0.5) is 0 Å². The Hall–Kier alpha value is -1.97. The number of rotatable bonds is 5. The van der Waals surface area contributed by atoms with Gasteiger partial charge in [-0.3, -0.25) is 14.4 Å². The van der Waals surface area contributed by atoms with Crippen LogP contribution in [-0.4, -0.2) is 22.5 Å². The molecule has 2 unspecified atom stereocenters. The molecule has 2 bridgehead atoms. The lowest BCUT2D eigenvalue weighted by Gasteiger charge is -2.37. The first kappa shape index (κ1) is 21.7. The fourth-order valence-corrected chi connectivity index (χ4v) is 6.27. The van der Waals surface area contributed by atoms with Crippen molar-refractivity contribution in [2.75, 3.05) is 0 Å². The van der Waals surface area contributed by atoms with E-state index < -0.39 is 22.5 Å². The Kier molecular flexibility index (Phi) is 4.88. The molecule has 3 aliphatic carbocycles. The third-order valence-corrected chi connectivity index (χ3v) is 7.86. The van der Waals surface area contributed by atoms with Gasteiger partial charge in [0.25, 0.3) is 0 Å². The maximum absolute atomic E-state index is 14.0. The lowest BCUT2D eigenvalue weighted by Crippen LogP contribution is -2.50. The molecule has 0 heterocycles. The summed E-state index contributed by atoms with van der Waals surface area (Å²) < 4.78 is 0. The van der Waals surface area contributed by atoms with Crippen molar-refractivity contribution in [2.24, 2.45) is 34.0 Å². The average Bonchev–Trinajstić information content (AvgIpc) is 2.97.